The predicted octanol–water partition coefficient (Wildman–Crippen LogP) is 3.46. The maximum Gasteiger partial charge on any atom is 0.250 e. The molecule has 2 aromatic rings. The first kappa shape index (κ1) is 15.1. The third-order valence-electron chi connectivity index (χ3n) is 3.07. The minimum atomic E-state index is -0.634. The molecule has 2 aromatic carbocycles. The van der Waals surface area contributed by atoms with Crippen LogP contribution in [0.2, 0.25) is 5.02 Å². The van der Waals surface area contributed by atoms with Crippen LogP contribution in [0, 0.1) is 5.82 Å². The molecule has 0 bridgehead atoms. The Bertz CT molecular complexity index is 691. The Kier molecular flexibility index (Phi) is 4.33. The summed E-state index contributed by atoms with van der Waals surface area (Å²) in [5, 5.41) is 13.1. The maximum absolute atomic E-state index is 13.3. The van der Waals surface area contributed by atoms with E-state index in [2.05, 4.69) is 5.32 Å². The average molecular weight is 309 g/mol. The molecule has 2 rings (SSSR count). The lowest BCUT2D eigenvalue weighted by Crippen LogP contribution is -2.13. The van der Waals surface area contributed by atoms with Crippen LogP contribution in [0.15, 0.2) is 36.4 Å². The molecule has 1 unspecified atom stereocenters. The summed E-state index contributed by atoms with van der Waals surface area (Å²) in [6.07, 6.45) is 0. The fraction of sp³-hybridized carbons (Fsp3) is 0.133. The van der Waals surface area contributed by atoms with Gasteiger partial charge in [0, 0.05) is 11.3 Å². The van der Waals surface area contributed by atoms with Crippen molar-refractivity contribution in [1.29, 1.82) is 0 Å². The van der Waals surface area contributed by atoms with Crippen LogP contribution in [0.4, 0.5) is 10.1 Å². The van der Waals surface area contributed by atoms with Gasteiger partial charge >= 0.3 is 0 Å². The fourth-order valence-corrected chi connectivity index (χ4v) is 2.21. The molecule has 1 atom stereocenters. The number of nitrogens with one attached hydrogen (secondary N) is 1. The van der Waals surface area contributed by atoms with E-state index < -0.39 is 11.7 Å². The van der Waals surface area contributed by atoms with Crippen LogP contribution in [-0.2, 0) is 0 Å². The molecule has 110 valence electrons. The van der Waals surface area contributed by atoms with E-state index in [9.17, 15) is 14.3 Å². The summed E-state index contributed by atoms with van der Waals surface area (Å²) in [4.78, 5) is 11.2. The highest BCUT2D eigenvalue weighted by atomic mass is 35.5. The largest absolute Gasteiger partial charge is 0.508 e. The molecule has 0 radical (unpaired) electrons. The standard InChI is InChI=1S/C15H14ClFN2O2/c1-8(11-6-9(17)2-5-14(11)20)19-10-3-4-13(16)12(7-10)15(18)21/h2-8,19-20H,1H3,(H2,18,21). The fourth-order valence-electron chi connectivity index (χ4n) is 2.00. The Labute approximate surface area is 126 Å². The molecule has 4 N–H and O–H groups in total. The maximum atomic E-state index is 13.3. The van der Waals surface area contributed by atoms with Crippen molar-refractivity contribution in [2.24, 2.45) is 5.73 Å². The number of carbonyl (C=O) groups is 1. The average Bonchev–Trinajstić information content (AvgIpc) is 2.43. The number of rotatable bonds is 4. The van der Waals surface area contributed by atoms with Crippen molar-refractivity contribution in [3.63, 3.8) is 0 Å². The monoisotopic (exact) mass is 308 g/mol. The number of benzene rings is 2. The van der Waals surface area contributed by atoms with Gasteiger partial charge in [-0.25, -0.2) is 4.39 Å². The molecule has 21 heavy (non-hydrogen) atoms. The van der Waals surface area contributed by atoms with E-state index in [0.717, 1.165) is 0 Å². The number of hydrogen-bond donors (Lipinski definition) is 3. The molecule has 0 heterocycles. The SMILES string of the molecule is CC(Nc1ccc(Cl)c(C(N)=O)c1)c1cc(F)ccc1O. The summed E-state index contributed by atoms with van der Waals surface area (Å²) in [5.74, 6) is -1.09. The van der Waals surface area contributed by atoms with Crippen molar-refractivity contribution < 1.29 is 14.3 Å². The molecule has 0 spiro atoms. The van der Waals surface area contributed by atoms with Crippen LogP contribution < -0.4 is 11.1 Å². The number of nitrogens with two attached hydrogens (primary N) is 1. The van der Waals surface area contributed by atoms with E-state index in [0.29, 0.717) is 11.3 Å². The number of hydrogen-bond acceptors (Lipinski definition) is 3. The van der Waals surface area contributed by atoms with Crippen molar-refractivity contribution >= 4 is 23.2 Å². The van der Waals surface area contributed by atoms with Crippen molar-refractivity contribution in [3.8, 4) is 5.75 Å². The van der Waals surface area contributed by atoms with Crippen molar-refractivity contribution in [3.05, 3.63) is 58.4 Å². The molecule has 4 nitrogen and oxygen atoms in total. The minimum absolute atomic E-state index is 0.0134. The highest BCUT2D eigenvalue weighted by Crippen LogP contribution is 2.29. The lowest BCUT2D eigenvalue weighted by molar-refractivity contribution is 0.100. The molecule has 6 heteroatoms. The molecular formula is C15H14ClFN2O2. The van der Waals surface area contributed by atoms with Gasteiger partial charge in [0.1, 0.15) is 11.6 Å². The number of halogens is 2. The molecule has 0 aliphatic rings. The summed E-state index contributed by atoms with van der Waals surface area (Å²) in [6, 6.07) is 8.07. The molecular weight excluding hydrogens is 295 g/mol. The lowest BCUT2D eigenvalue weighted by Gasteiger charge is -2.17. The van der Waals surface area contributed by atoms with E-state index in [1.165, 1.54) is 24.3 Å². The van der Waals surface area contributed by atoms with Gasteiger partial charge in [-0.1, -0.05) is 11.6 Å². The first-order valence-electron chi connectivity index (χ1n) is 6.23. The number of phenols is 1. The number of anilines is 1. The summed E-state index contributed by atoms with van der Waals surface area (Å²) < 4.78 is 13.3. The summed E-state index contributed by atoms with van der Waals surface area (Å²) in [6.45, 7) is 1.76. The van der Waals surface area contributed by atoms with Crippen molar-refractivity contribution in [2.45, 2.75) is 13.0 Å². The second-order valence-corrected chi connectivity index (χ2v) is 5.04. The second kappa shape index (κ2) is 6.01. The number of phenolic OH excluding ortho intramolecular Hbond substituents is 1. The lowest BCUT2D eigenvalue weighted by atomic mass is 10.1. The van der Waals surface area contributed by atoms with Crippen LogP contribution >= 0.6 is 11.6 Å². The van der Waals surface area contributed by atoms with Crippen LogP contribution in [0.25, 0.3) is 0 Å². The zero-order valence-corrected chi connectivity index (χ0v) is 12.0. The molecule has 0 aliphatic carbocycles. The van der Waals surface area contributed by atoms with Crippen molar-refractivity contribution in [1.82, 2.24) is 0 Å². The van der Waals surface area contributed by atoms with Gasteiger partial charge in [-0.15, -0.1) is 0 Å². The number of carbonyl (C=O) groups excluding carboxylic acids is 1. The number of amides is 1. The Morgan fingerprint density at radius 2 is 2.05 bits per heavy atom. The van der Waals surface area contributed by atoms with E-state index >= 15 is 0 Å². The Hall–Kier alpha value is -2.27. The van der Waals surface area contributed by atoms with Crippen LogP contribution in [-0.4, -0.2) is 11.0 Å². The van der Waals surface area contributed by atoms with Gasteiger partial charge in [0.15, 0.2) is 0 Å². The smallest absolute Gasteiger partial charge is 0.250 e. The summed E-state index contributed by atoms with van der Waals surface area (Å²) in [7, 11) is 0. The van der Waals surface area contributed by atoms with Gasteiger partial charge in [-0.3, -0.25) is 4.79 Å². The van der Waals surface area contributed by atoms with Crippen LogP contribution in [0.5, 0.6) is 5.75 Å². The van der Waals surface area contributed by atoms with E-state index in [1.54, 1.807) is 19.1 Å². The quantitative estimate of drug-likeness (QED) is 0.809. The third-order valence-corrected chi connectivity index (χ3v) is 3.40. The zero-order chi connectivity index (χ0) is 15.6. The normalized spacial score (nSPS) is 12.0. The van der Waals surface area contributed by atoms with E-state index in [4.69, 9.17) is 17.3 Å². The molecule has 0 aromatic heterocycles. The third kappa shape index (κ3) is 3.44. The predicted molar refractivity (Wildman–Crippen MR) is 80.1 cm³/mol. The molecule has 0 aliphatic heterocycles. The number of primary amides is 1. The topological polar surface area (TPSA) is 75.3 Å². The minimum Gasteiger partial charge on any atom is -0.508 e. The van der Waals surface area contributed by atoms with Gasteiger partial charge in [0.2, 0.25) is 5.91 Å². The highest BCUT2D eigenvalue weighted by molar-refractivity contribution is 6.33. The van der Waals surface area contributed by atoms with E-state index in [1.807, 2.05) is 0 Å². The van der Waals surface area contributed by atoms with Gasteiger partial charge in [0.05, 0.1) is 16.6 Å². The Morgan fingerprint density at radius 1 is 1.33 bits per heavy atom. The van der Waals surface area contributed by atoms with E-state index in [-0.39, 0.29) is 22.4 Å². The number of aromatic hydroxyl groups is 1. The van der Waals surface area contributed by atoms with Gasteiger partial charge in [-0.2, -0.15) is 0 Å². The molecule has 0 saturated heterocycles. The second-order valence-electron chi connectivity index (χ2n) is 4.63. The molecule has 0 fully saturated rings. The summed E-state index contributed by atoms with van der Waals surface area (Å²) >= 11 is 5.87. The van der Waals surface area contributed by atoms with Crippen LogP contribution in [0.3, 0.4) is 0 Å². The first-order valence-corrected chi connectivity index (χ1v) is 6.60. The Balaban J connectivity index is 2.27. The van der Waals surface area contributed by atoms with Gasteiger partial charge in [-0.05, 0) is 43.3 Å². The summed E-state index contributed by atoms with van der Waals surface area (Å²) in [5.41, 5.74) is 6.42. The van der Waals surface area contributed by atoms with Gasteiger partial charge in [0.25, 0.3) is 0 Å². The molecule has 1 amide bonds. The van der Waals surface area contributed by atoms with Gasteiger partial charge < -0.3 is 16.2 Å². The zero-order valence-electron chi connectivity index (χ0n) is 11.2. The molecule has 0 saturated carbocycles. The van der Waals surface area contributed by atoms with Crippen LogP contribution in [0.1, 0.15) is 28.9 Å². The highest BCUT2D eigenvalue weighted by Gasteiger charge is 2.13. The first-order chi connectivity index (χ1) is 9.88. The van der Waals surface area contributed by atoms with Crippen molar-refractivity contribution in [2.75, 3.05) is 5.32 Å². The Morgan fingerprint density at radius 3 is 2.71 bits per heavy atom.